The van der Waals surface area contributed by atoms with E-state index >= 15 is 0 Å². The summed E-state index contributed by atoms with van der Waals surface area (Å²) in [6.45, 7) is 7.53. The Bertz CT molecular complexity index is 550. The van der Waals surface area contributed by atoms with Gasteiger partial charge in [0.05, 0.1) is 0 Å². The zero-order valence-corrected chi connectivity index (χ0v) is 15.6. The Morgan fingerprint density at radius 3 is 2.33 bits per heavy atom. The molecule has 1 rings (SSSR count). The average molecular weight is 334 g/mol. The minimum atomic E-state index is -0.646. The van der Waals surface area contributed by atoms with Crippen molar-refractivity contribution in [1.29, 1.82) is 0 Å². The van der Waals surface area contributed by atoms with Gasteiger partial charge in [-0.1, -0.05) is 19.9 Å². The topological polar surface area (TPSA) is 64.7 Å². The second-order valence-electron chi connectivity index (χ2n) is 6.50. The van der Waals surface area contributed by atoms with Gasteiger partial charge in [-0.3, -0.25) is 9.59 Å². The Morgan fingerprint density at radius 1 is 1.12 bits per heavy atom. The fraction of sp³-hybridized carbons (Fsp3) is 0.556. The molecule has 0 aliphatic carbocycles. The highest BCUT2D eigenvalue weighted by Gasteiger charge is 2.19. The number of likely N-dealkylation sites (N-methyl/N-ethyl adjacent to an activating group) is 1. The van der Waals surface area contributed by atoms with Crippen molar-refractivity contribution in [3.63, 3.8) is 0 Å². The van der Waals surface area contributed by atoms with Gasteiger partial charge < -0.3 is 20.4 Å². The molecule has 0 spiro atoms. The summed E-state index contributed by atoms with van der Waals surface area (Å²) >= 11 is 0. The van der Waals surface area contributed by atoms with Gasteiger partial charge in [0.1, 0.15) is 0 Å². The van der Waals surface area contributed by atoms with Crippen molar-refractivity contribution < 1.29 is 9.59 Å². The molecule has 0 heterocycles. The molecule has 134 valence electrons. The number of hydrogen-bond acceptors (Lipinski definition) is 4. The predicted octanol–water partition coefficient (Wildman–Crippen LogP) is 1.78. The molecule has 0 radical (unpaired) electrons. The van der Waals surface area contributed by atoms with Crippen molar-refractivity contribution in [3.8, 4) is 0 Å². The number of carbonyl (C=O) groups is 2. The Kier molecular flexibility index (Phi) is 7.71. The van der Waals surface area contributed by atoms with Crippen LogP contribution in [0.25, 0.3) is 0 Å². The van der Waals surface area contributed by atoms with Crippen LogP contribution < -0.4 is 15.5 Å². The highest BCUT2D eigenvalue weighted by atomic mass is 16.2. The Morgan fingerprint density at radius 2 is 1.79 bits per heavy atom. The van der Waals surface area contributed by atoms with Crippen LogP contribution in [0.3, 0.4) is 0 Å². The predicted molar refractivity (Wildman–Crippen MR) is 99.3 cm³/mol. The van der Waals surface area contributed by atoms with Crippen LogP contribution in [0.4, 0.5) is 11.4 Å². The van der Waals surface area contributed by atoms with Gasteiger partial charge in [0, 0.05) is 37.6 Å². The van der Waals surface area contributed by atoms with Gasteiger partial charge in [0.2, 0.25) is 0 Å². The average Bonchev–Trinajstić information content (AvgIpc) is 2.53. The molecule has 2 amide bonds. The molecule has 0 saturated carbocycles. The van der Waals surface area contributed by atoms with Crippen molar-refractivity contribution in [3.05, 3.63) is 24.3 Å². The fourth-order valence-corrected chi connectivity index (χ4v) is 2.48. The lowest BCUT2D eigenvalue weighted by molar-refractivity contribution is -0.136. The fourth-order valence-electron chi connectivity index (χ4n) is 2.48. The highest BCUT2D eigenvalue weighted by molar-refractivity contribution is 6.39. The SMILES string of the molecule is CCN(C)c1cccc(NC(=O)C(=O)NCC(C(C)C)N(C)C)c1. The smallest absolute Gasteiger partial charge is 0.313 e. The van der Waals surface area contributed by atoms with Gasteiger partial charge in [0.25, 0.3) is 0 Å². The van der Waals surface area contributed by atoms with Gasteiger partial charge in [-0.15, -0.1) is 0 Å². The second kappa shape index (κ2) is 9.27. The molecule has 0 aliphatic rings. The van der Waals surface area contributed by atoms with E-state index in [0.717, 1.165) is 12.2 Å². The summed E-state index contributed by atoms with van der Waals surface area (Å²) in [5.74, 6) is -0.881. The normalized spacial score (nSPS) is 12.2. The molecule has 1 aromatic rings. The van der Waals surface area contributed by atoms with E-state index in [2.05, 4.69) is 36.3 Å². The number of anilines is 2. The third-order valence-corrected chi connectivity index (χ3v) is 4.13. The summed E-state index contributed by atoms with van der Waals surface area (Å²) in [6, 6.07) is 7.63. The quantitative estimate of drug-likeness (QED) is 0.746. The van der Waals surface area contributed by atoms with Gasteiger partial charge in [-0.05, 0) is 45.1 Å². The highest BCUT2D eigenvalue weighted by Crippen LogP contribution is 2.18. The van der Waals surface area contributed by atoms with E-state index < -0.39 is 11.8 Å². The molecular weight excluding hydrogens is 304 g/mol. The van der Waals surface area contributed by atoms with E-state index in [1.807, 2.05) is 44.2 Å². The number of carbonyl (C=O) groups excluding carboxylic acids is 2. The number of hydrogen-bond donors (Lipinski definition) is 2. The van der Waals surface area contributed by atoms with Crippen LogP contribution in [-0.4, -0.2) is 57.0 Å². The van der Waals surface area contributed by atoms with Crippen LogP contribution in [0.5, 0.6) is 0 Å². The van der Waals surface area contributed by atoms with Crippen molar-refractivity contribution in [2.24, 2.45) is 5.92 Å². The first-order chi connectivity index (χ1) is 11.3. The minimum Gasteiger partial charge on any atom is -0.375 e. The van der Waals surface area contributed by atoms with Crippen LogP contribution in [0.15, 0.2) is 24.3 Å². The van der Waals surface area contributed by atoms with Crippen molar-refractivity contribution >= 4 is 23.2 Å². The molecule has 6 nitrogen and oxygen atoms in total. The first-order valence-corrected chi connectivity index (χ1v) is 8.33. The maximum absolute atomic E-state index is 12.1. The Balaban J connectivity index is 2.63. The van der Waals surface area contributed by atoms with E-state index in [9.17, 15) is 9.59 Å². The van der Waals surface area contributed by atoms with E-state index in [4.69, 9.17) is 0 Å². The van der Waals surface area contributed by atoms with Crippen molar-refractivity contribution in [2.75, 3.05) is 44.4 Å². The molecule has 6 heteroatoms. The zero-order valence-electron chi connectivity index (χ0n) is 15.6. The molecule has 0 aromatic heterocycles. The molecule has 0 aliphatic heterocycles. The van der Waals surface area contributed by atoms with Crippen LogP contribution in [0.1, 0.15) is 20.8 Å². The Labute approximate surface area is 145 Å². The standard InChI is InChI=1S/C18H30N4O2/c1-7-22(6)15-10-8-9-14(11-15)20-18(24)17(23)19-12-16(13(2)3)21(4)5/h8-11,13,16H,7,12H2,1-6H3,(H,19,23)(H,20,24). The number of amides is 2. The first kappa shape index (κ1) is 20.0. The second-order valence-corrected chi connectivity index (χ2v) is 6.50. The van der Waals surface area contributed by atoms with Crippen LogP contribution >= 0.6 is 0 Å². The molecule has 2 N–H and O–H groups in total. The summed E-state index contributed by atoms with van der Waals surface area (Å²) < 4.78 is 0. The van der Waals surface area contributed by atoms with Crippen molar-refractivity contribution in [1.82, 2.24) is 10.2 Å². The van der Waals surface area contributed by atoms with Crippen molar-refractivity contribution in [2.45, 2.75) is 26.8 Å². The summed E-state index contributed by atoms with van der Waals surface area (Å²) in [4.78, 5) is 28.2. The lowest BCUT2D eigenvalue weighted by Gasteiger charge is -2.27. The number of rotatable bonds is 7. The van der Waals surface area contributed by atoms with E-state index in [1.165, 1.54) is 0 Å². The van der Waals surface area contributed by atoms with Crippen LogP contribution in [0, 0.1) is 5.92 Å². The molecule has 1 aromatic carbocycles. The molecule has 0 bridgehead atoms. The number of benzene rings is 1. The maximum atomic E-state index is 12.1. The number of nitrogens with zero attached hydrogens (tertiary/aromatic N) is 2. The third-order valence-electron chi connectivity index (χ3n) is 4.13. The van der Waals surface area contributed by atoms with Gasteiger partial charge >= 0.3 is 11.8 Å². The Hall–Kier alpha value is -2.08. The third kappa shape index (κ3) is 5.85. The number of nitrogens with one attached hydrogen (secondary N) is 2. The molecule has 1 atom stereocenters. The largest absolute Gasteiger partial charge is 0.375 e. The monoisotopic (exact) mass is 334 g/mol. The summed E-state index contributed by atoms with van der Waals surface area (Å²) in [5, 5.41) is 5.36. The summed E-state index contributed by atoms with van der Waals surface area (Å²) in [6.07, 6.45) is 0. The van der Waals surface area contributed by atoms with Gasteiger partial charge in [0.15, 0.2) is 0 Å². The molecule has 1 unspecified atom stereocenters. The van der Waals surface area contributed by atoms with E-state index in [1.54, 1.807) is 6.07 Å². The first-order valence-electron chi connectivity index (χ1n) is 8.33. The van der Waals surface area contributed by atoms with Crippen LogP contribution in [-0.2, 0) is 9.59 Å². The molecular formula is C18H30N4O2. The minimum absolute atomic E-state index is 0.184. The summed E-state index contributed by atoms with van der Waals surface area (Å²) in [7, 11) is 5.90. The molecule has 0 saturated heterocycles. The maximum Gasteiger partial charge on any atom is 0.313 e. The molecule has 0 fully saturated rings. The van der Waals surface area contributed by atoms with Gasteiger partial charge in [-0.25, -0.2) is 0 Å². The van der Waals surface area contributed by atoms with Gasteiger partial charge in [-0.2, -0.15) is 0 Å². The van der Waals surface area contributed by atoms with Crippen LogP contribution in [0.2, 0.25) is 0 Å². The van der Waals surface area contributed by atoms with E-state index in [-0.39, 0.29) is 6.04 Å². The lowest BCUT2D eigenvalue weighted by Crippen LogP contribution is -2.46. The van der Waals surface area contributed by atoms with E-state index in [0.29, 0.717) is 18.2 Å². The lowest BCUT2D eigenvalue weighted by atomic mass is 10.0. The zero-order chi connectivity index (χ0) is 18.3. The molecule has 24 heavy (non-hydrogen) atoms. The summed E-state index contributed by atoms with van der Waals surface area (Å²) in [5.41, 5.74) is 1.60.